The number of amides is 1. The van der Waals surface area contributed by atoms with Crippen LogP contribution < -0.4 is 16.6 Å². The maximum atomic E-state index is 12.4. The van der Waals surface area contributed by atoms with Crippen LogP contribution >= 0.6 is 0 Å². The highest BCUT2D eigenvalue weighted by Gasteiger charge is 2.15. The third kappa shape index (κ3) is 4.15. The molecule has 0 fully saturated rings. The van der Waals surface area contributed by atoms with Crippen LogP contribution in [0.3, 0.4) is 0 Å². The van der Waals surface area contributed by atoms with E-state index in [-0.39, 0.29) is 23.3 Å². The number of carbonyl (C=O) groups is 1. The summed E-state index contributed by atoms with van der Waals surface area (Å²) in [4.78, 5) is 40.8. The number of nitrogens with one attached hydrogen (secondary N) is 1. The van der Waals surface area contributed by atoms with Gasteiger partial charge in [-0.3, -0.25) is 18.7 Å². The number of rotatable bonds is 7. The monoisotopic (exact) mass is 346 g/mol. The summed E-state index contributed by atoms with van der Waals surface area (Å²) in [6.07, 6.45) is 5.54. The van der Waals surface area contributed by atoms with Gasteiger partial charge in [-0.05, 0) is 25.5 Å². The molecule has 1 N–H and O–H groups in total. The molecule has 0 saturated heterocycles. The van der Waals surface area contributed by atoms with Crippen molar-refractivity contribution in [2.75, 3.05) is 0 Å². The molecule has 136 valence electrons. The predicted octanol–water partition coefficient (Wildman–Crippen LogP) is 1.72. The maximum Gasteiger partial charge on any atom is 0.332 e. The first-order valence-electron chi connectivity index (χ1n) is 8.74. The van der Waals surface area contributed by atoms with E-state index in [1.165, 1.54) is 37.6 Å². The zero-order valence-electron chi connectivity index (χ0n) is 15.3. The molecule has 0 spiro atoms. The summed E-state index contributed by atoms with van der Waals surface area (Å²) in [6.45, 7) is 4.13. The van der Waals surface area contributed by atoms with E-state index in [2.05, 4.69) is 17.2 Å². The Kier molecular flexibility index (Phi) is 6.12. The lowest BCUT2D eigenvalue weighted by Crippen LogP contribution is -2.38. The highest BCUT2D eigenvalue weighted by atomic mass is 16.2. The molecule has 1 unspecified atom stereocenters. The standard InChI is InChI=1S/C18H26N4O3/c1-5-6-7-8-9-12(2)19-16(23)14-11-10-13-15(20-14)21(3)18(25)22(4)17(13)24/h10-12H,5-9H2,1-4H3,(H,19,23). The first-order valence-corrected chi connectivity index (χ1v) is 8.74. The molecule has 0 aromatic carbocycles. The largest absolute Gasteiger partial charge is 0.348 e. The van der Waals surface area contributed by atoms with Crippen LogP contribution in [-0.4, -0.2) is 26.1 Å². The zero-order chi connectivity index (χ0) is 18.6. The molecule has 0 saturated carbocycles. The predicted molar refractivity (Wildman–Crippen MR) is 97.9 cm³/mol. The van der Waals surface area contributed by atoms with E-state index in [9.17, 15) is 14.4 Å². The van der Waals surface area contributed by atoms with E-state index in [0.29, 0.717) is 5.39 Å². The van der Waals surface area contributed by atoms with Gasteiger partial charge in [0.1, 0.15) is 11.3 Å². The lowest BCUT2D eigenvalue weighted by Gasteiger charge is -2.14. The Morgan fingerprint density at radius 1 is 1.16 bits per heavy atom. The summed E-state index contributed by atoms with van der Waals surface area (Å²) in [5.41, 5.74) is -0.457. The van der Waals surface area contributed by atoms with Gasteiger partial charge >= 0.3 is 5.69 Å². The number of pyridine rings is 1. The molecule has 0 aliphatic rings. The molecule has 1 atom stereocenters. The molecular weight excluding hydrogens is 320 g/mol. The van der Waals surface area contributed by atoms with Crippen LogP contribution in [0.1, 0.15) is 56.4 Å². The van der Waals surface area contributed by atoms with Crippen molar-refractivity contribution in [3.8, 4) is 0 Å². The van der Waals surface area contributed by atoms with E-state index < -0.39 is 11.2 Å². The van der Waals surface area contributed by atoms with Crippen molar-refractivity contribution in [1.82, 2.24) is 19.4 Å². The van der Waals surface area contributed by atoms with Gasteiger partial charge in [0, 0.05) is 20.1 Å². The van der Waals surface area contributed by atoms with Crippen LogP contribution in [0.25, 0.3) is 11.0 Å². The number of hydrogen-bond acceptors (Lipinski definition) is 4. The van der Waals surface area contributed by atoms with Crippen LogP contribution in [0.15, 0.2) is 21.7 Å². The Morgan fingerprint density at radius 3 is 2.56 bits per heavy atom. The smallest absolute Gasteiger partial charge is 0.332 e. The van der Waals surface area contributed by atoms with Crippen molar-refractivity contribution < 1.29 is 4.79 Å². The fourth-order valence-corrected chi connectivity index (χ4v) is 2.83. The average molecular weight is 346 g/mol. The third-order valence-electron chi connectivity index (χ3n) is 4.40. The molecule has 2 heterocycles. The molecule has 2 aromatic rings. The van der Waals surface area contributed by atoms with E-state index in [1.54, 1.807) is 6.07 Å². The van der Waals surface area contributed by atoms with Gasteiger partial charge in [0.2, 0.25) is 0 Å². The SMILES string of the molecule is CCCCCCC(C)NC(=O)c1ccc2c(=O)n(C)c(=O)n(C)c2n1. The van der Waals surface area contributed by atoms with Crippen molar-refractivity contribution in [3.05, 3.63) is 38.7 Å². The highest BCUT2D eigenvalue weighted by Crippen LogP contribution is 2.08. The number of carbonyl (C=O) groups excluding carboxylic acids is 1. The van der Waals surface area contributed by atoms with E-state index >= 15 is 0 Å². The number of aryl methyl sites for hydroxylation is 1. The lowest BCUT2D eigenvalue weighted by molar-refractivity contribution is 0.0933. The van der Waals surface area contributed by atoms with Crippen LogP contribution in [0.4, 0.5) is 0 Å². The molecule has 0 radical (unpaired) electrons. The van der Waals surface area contributed by atoms with Crippen LogP contribution in [-0.2, 0) is 14.1 Å². The number of nitrogens with zero attached hydrogens (tertiary/aromatic N) is 3. The second-order valence-corrected chi connectivity index (χ2v) is 6.50. The molecule has 7 heteroatoms. The number of aromatic nitrogens is 3. The topological polar surface area (TPSA) is 86.0 Å². The Morgan fingerprint density at radius 2 is 1.88 bits per heavy atom. The van der Waals surface area contributed by atoms with E-state index in [0.717, 1.165) is 23.8 Å². The highest BCUT2D eigenvalue weighted by molar-refractivity contribution is 5.94. The van der Waals surface area contributed by atoms with Gasteiger partial charge in [-0.1, -0.05) is 32.6 Å². The fourth-order valence-electron chi connectivity index (χ4n) is 2.83. The minimum absolute atomic E-state index is 0.0503. The summed E-state index contributed by atoms with van der Waals surface area (Å²) in [5, 5.41) is 3.24. The molecule has 2 rings (SSSR count). The van der Waals surface area contributed by atoms with Crippen LogP contribution in [0.2, 0.25) is 0 Å². The van der Waals surface area contributed by atoms with Gasteiger partial charge in [0.05, 0.1) is 5.39 Å². The van der Waals surface area contributed by atoms with E-state index in [4.69, 9.17) is 0 Å². The van der Waals surface area contributed by atoms with Gasteiger partial charge in [-0.15, -0.1) is 0 Å². The Bertz CT molecular complexity index is 882. The van der Waals surface area contributed by atoms with Crippen molar-refractivity contribution >= 4 is 16.9 Å². The molecular formula is C18H26N4O3. The Hall–Kier alpha value is -2.44. The number of unbranched alkanes of at least 4 members (excludes halogenated alkanes) is 3. The summed E-state index contributed by atoms with van der Waals surface area (Å²) >= 11 is 0. The molecule has 2 aromatic heterocycles. The Labute approximate surface area is 146 Å². The minimum atomic E-state index is -0.466. The van der Waals surface area contributed by atoms with E-state index in [1.807, 2.05) is 6.92 Å². The molecule has 0 aliphatic carbocycles. The summed E-state index contributed by atoms with van der Waals surface area (Å²) in [5.74, 6) is -0.294. The average Bonchev–Trinajstić information content (AvgIpc) is 2.61. The molecule has 0 aliphatic heterocycles. The first kappa shape index (κ1) is 18.9. The maximum absolute atomic E-state index is 12.4. The van der Waals surface area contributed by atoms with Gasteiger partial charge in [-0.2, -0.15) is 0 Å². The Balaban J connectivity index is 2.20. The van der Waals surface area contributed by atoms with Gasteiger partial charge in [-0.25, -0.2) is 9.78 Å². The molecule has 25 heavy (non-hydrogen) atoms. The van der Waals surface area contributed by atoms with Gasteiger partial charge < -0.3 is 5.32 Å². The number of fused-ring (bicyclic) bond motifs is 1. The summed E-state index contributed by atoms with van der Waals surface area (Å²) < 4.78 is 2.31. The van der Waals surface area contributed by atoms with Crippen LogP contribution in [0.5, 0.6) is 0 Å². The molecule has 1 amide bonds. The molecule has 0 bridgehead atoms. The van der Waals surface area contributed by atoms with Crippen LogP contribution in [0, 0.1) is 0 Å². The molecule has 7 nitrogen and oxygen atoms in total. The normalized spacial score (nSPS) is 12.3. The van der Waals surface area contributed by atoms with Gasteiger partial charge in [0.15, 0.2) is 0 Å². The quantitative estimate of drug-likeness (QED) is 0.774. The van der Waals surface area contributed by atoms with Crippen molar-refractivity contribution in [3.63, 3.8) is 0 Å². The second kappa shape index (κ2) is 8.09. The summed E-state index contributed by atoms with van der Waals surface area (Å²) in [7, 11) is 2.96. The van der Waals surface area contributed by atoms with Crippen molar-refractivity contribution in [1.29, 1.82) is 0 Å². The van der Waals surface area contributed by atoms with Gasteiger partial charge in [0.25, 0.3) is 11.5 Å². The van der Waals surface area contributed by atoms with Crippen molar-refractivity contribution in [2.45, 2.75) is 52.0 Å². The second-order valence-electron chi connectivity index (χ2n) is 6.50. The minimum Gasteiger partial charge on any atom is -0.348 e. The lowest BCUT2D eigenvalue weighted by atomic mass is 10.1. The first-order chi connectivity index (χ1) is 11.9. The third-order valence-corrected chi connectivity index (χ3v) is 4.40. The fraction of sp³-hybridized carbons (Fsp3) is 0.556. The summed E-state index contributed by atoms with van der Waals surface area (Å²) in [6, 6.07) is 3.12. The zero-order valence-corrected chi connectivity index (χ0v) is 15.3. The number of hydrogen-bond donors (Lipinski definition) is 1. The van der Waals surface area contributed by atoms with Crippen molar-refractivity contribution in [2.24, 2.45) is 14.1 Å².